The molecule has 0 spiro atoms. The van der Waals surface area contributed by atoms with Gasteiger partial charge in [0.05, 0.1) is 5.52 Å². The lowest BCUT2D eigenvalue weighted by Gasteiger charge is -2.20. The number of rotatable bonds is 4. The van der Waals surface area contributed by atoms with E-state index in [1.54, 1.807) is 0 Å². The van der Waals surface area contributed by atoms with Crippen molar-refractivity contribution in [2.75, 3.05) is 32.1 Å². The Kier molecular flexibility index (Phi) is 3.59. The molecular weight excluding hydrogens is 210 g/mol. The van der Waals surface area contributed by atoms with E-state index >= 15 is 0 Å². The van der Waals surface area contributed by atoms with E-state index in [0.29, 0.717) is 0 Å². The van der Waals surface area contributed by atoms with Crippen LogP contribution in [0.1, 0.15) is 5.56 Å². The summed E-state index contributed by atoms with van der Waals surface area (Å²) in [7, 11) is 4.05. The Morgan fingerprint density at radius 3 is 2.82 bits per heavy atom. The topological polar surface area (TPSA) is 28.2 Å². The number of para-hydroxylation sites is 1. The summed E-state index contributed by atoms with van der Waals surface area (Å²) in [5.41, 5.74) is 2.28. The number of benzene rings is 1. The van der Waals surface area contributed by atoms with Gasteiger partial charge in [0, 0.05) is 25.5 Å². The molecule has 0 aliphatic carbocycles. The van der Waals surface area contributed by atoms with Crippen LogP contribution in [0.25, 0.3) is 10.9 Å². The number of pyridine rings is 1. The van der Waals surface area contributed by atoms with Gasteiger partial charge in [-0.3, -0.25) is 0 Å². The molecule has 1 aromatic heterocycles. The summed E-state index contributed by atoms with van der Waals surface area (Å²) in [6.07, 6.45) is 0. The van der Waals surface area contributed by atoms with Gasteiger partial charge in [-0.1, -0.05) is 18.2 Å². The average molecular weight is 229 g/mol. The van der Waals surface area contributed by atoms with Gasteiger partial charge in [-0.25, -0.2) is 4.98 Å². The number of likely N-dealkylation sites (N-methyl/N-ethyl adjacent to an activating group) is 2. The fourth-order valence-corrected chi connectivity index (χ4v) is 1.98. The van der Waals surface area contributed by atoms with Gasteiger partial charge in [0.2, 0.25) is 0 Å². The number of nitrogens with one attached hydrogen (secondary N) is 1. The minimum atomic E-state index is 0.961. The van der Waals surface area contributed by atoms with Gasteiger partial charge >= 0.3 is 0 Å². The average Bonchev–Trinajstić information content (AvgIpc) is 2.35. The maximum atomic E-state index is 4.73. The molecule has 0 unspecified atom stereocenters. The normalized spacial score (nSPS) is 10.8. The second-order valence-electron chi connectivity index (χ2n) is 4.35. The van der Waals surface area contributed by atoms with Crippen LogP contribution in [0.5, 0.6) is 0 Å². The summed E-state index contributed by atoms with van der Waals surface area (Å²) in [5.74, 6) is 1.07. The molecule has 90 valence electrons. The number of aryl methyl sites for hydroxylation is 1. The third-order valence-corrected chi connectivity index (χ3v) is 2.95. The van der Waals surface area contributed by atoms with E-state index < -0.39 is 0 Å². The highest BCUT2D eigenvalue weighted by Gasteiger charge is 2.07. The monoisotopic (exact) mass is 229 g/mol. The molecule has 1 N–H and O–H groups in total. The molecule has 0 radical (unpaired) electrons. The van der Waals surface area contributed by atoms with E-state index in [1.807, 2.05) is 19.2 Å². The van der Waals surface area contributed by atoms with Gasteiger partial charge in [0.25, 0.3) is 0 Å². The van der Waals surface area contributed by atoms with Crippen LogP contribution in [0.2, 0.25) is 0 Å². The highest BCUT2D eigenvalue weighted by atomic mass is 15.2. The maximum absolute atomic E-state index is 4.73. The van der Waals surface area contributed by atoms with E-state index in [2.05, 4.69) is 42.4 Å². The van der Waals surface area contributed by atoms with E-state index in [9.17, 15) is 0 Å². The second kappa shape index (κ2) is 5.15. The summed E-state index contributed by atoms with van der Waals surface area (Å²) in [6, 6.07) is 10.4. The molecular formula is C14H19N3. The largest absolute Gasteiger partial charge is 0.358 e. The molecule has 0 saturated carbocycles. The molecule has 0 atom stereocenters. The van der Waals surface area contributed by atoms with Crippen LogP contribution in [-0.4, -0.2) is 32.2 Å². The molecule has 0 saturated heterocycles. The molecule has 0 bridgehead atoms. The van der Waals surface area contributed by atoms with Crippen molar-refractivity contribution in [2.24, 2.45) is 0 Å². The summed E-state index contributed by atoms with van der Waals surface area (Å²) >= 11 is 0. The number of nitrogens with zero attached hydrogens (tertiary/aromatic N) is 2. The Labute approximate surface area is 102 Å². The third-order valence-electron chi connectivity index (χ3n) is 2.95. The first-order valence-electron chi connectivity index (χ1n) is 5.94. The van der Waals surface area contributed by atoms with Crippen LogP contribution in [0.15, 0.2) is 30.3 Å². The highest BCUT2D eigenvalue weighted by Crippen LogP contribution is 2.21. The van der Waals surface area contributed by atoms with Crippen molar-refractivity contribution in [1.82, 2.24) is 10.3 Å². The molecule has 1 heterocycles. The van der Waals surface area contributed by atoms with Crippen molar-refractivity contribution in [3.05, 3.63) is 35.9 Å². The van der Waals surface area contributed by atoms with Crippen molar-refractivity contribution in [3.63, 3.8) is 0 Å². The number of anilines is 1. The number of hydrogen-bond donors (Lipinski definition) is 1. The second-order valence-corrected chi connectivity index (χ2v) is 4.35. The lowest BCUT2D eigenvalue weighted by Crippen LogP contribution is -2.28. The minimum Gasteiger partial charge on any atom is -0.358 e. The SMILES string of the molecule is CNCCN(C)c1nc2ccccc2cc1C. The number of aromatic nitrogens is 1. The summed E-state index contributed by atoms with van der Waals surface area (Å²) in [4.78, 5) is 6.92. The molecule has 0 aliphatic rings. The Bertz CT molecular complexity index is 508. The zero-order valence-corrected chi connectivity index (χ0v) is 10.7. The lowest BCUT2D eigenvalue weighted by molar-refractivity contribution is 0.761. The van der Waals surface area contributed by atoms with Crippen LogP contribution in [0, 0.1) is 6.92 Å². The molecule has 2 rings (SSSR count). The summed E-state index contributed by atoms with van der Waals surface area (Å²) < 4.78 is 0. The Hall–Kier alpha value is -1.61. The Morgan fingerprint density at radius 1 is 1.29 bits per heavy atom. The van der Waals surface area contributed by atoms with Crippen LogP contribution in [0.3, 0.4) is 0 Å². The predicted octanol–water partition coefficient (Wildman–Crippen LogP) is 2.20. The van der Waals surface area contributed by atoms with Gasteiger partial charge in [0.15, 0.2) is 0 Å². The number of fused-ring (bicyclic) bond motifs is 1. The quantitative estimate of drug-likeness (QED) is 0.871. The molecule has 0 fully saturated rings. The van der Waals surface area contributed by atoms with E-state index in [-0.39, 0.29) is 0 Å². The van der Waals surface area contributed by atoms with Crippen molar-refractivity contribution in [1.29, 1.82) is 0 Å². The van der Waals surface area contributed by atoms with Gasteiger partial charge < -0.3 is 10.2 Å². The highest BCUT2D eigenvalue weighted by molar-refractivity contribution is 5.81. The van der Waals surface area contributed by atoms with Gasteiger partial charge in [0.1, 0.15) is 5.82 Å². The van der Waals surface area contributed by atoms with Crippen LogP contribution in [0.4, 0.5) is 5.82 Å². The zero-order chi connectivity index (χ0) is 12.3. The third kappa shape index (κ3) is 2.56. The first-order chi connectivity index (χ1) is 8.22. The predicted molar refractivity (Wildman–Crippen MR) is 73.7 cm³/mol. The van der Waals surface area contributed by atoms with Crippen LogP contribution >= 0.6 is 0 Å². The van der Waals surface area contributed by atoms with Crippen molar-refractivity contribution >= 4 is 16.7 Å². The van der Waals surface area contributed by atoms with Crippen LogP contribution in [-0.2, 0) is 0 Å². The Morgan fingerprint density at radius 2 is 2.06 bits per heavy atom. The van der Waals surface area contributed by atoms with Gasteiger partial charge in [-0.2, -0.15) is 0 Å². The Balaban J connectivity index is 2.36. The molecule has 3 nitrogen and oxygen atoms in total. The molecule has 3 heteroatoms. The maximum Gasteiger partial charge on any atom is 0.131 e. The number of hydrogen-bond acceptors (Lipinski definition) is 3. The molecule has 17 heavy (non-hydrogen) atoms. The van der Waals surface area contributed by atoms with E-state index in [1.165, 1.54) is 10.9 Å². The van der Waals surface area contributed by atoms with Crippen molar-refractivity contribution < 1.29 is 0 Å². The first-order valence-corrected chi connectivity index (χ1v) is 5.94. The van der Waals surface area contributed by atoms with Gasteiger partial charge in [-0.15, -0.1) is 0 Å². The van der Waals surface area contributed by atoms with E-state index in [4.69, 9.17) is 4.98 Å². The minimum absolute atomic E-state index is 0.961. The smallest absolute Gasteiger partial charge is 0.131 e. The molecule has 2 aromatic rings. The molecule has 0 amide bonds. The standard InChI is InChI=1S/C14H19N3/c1-11-10-12-6-4-5-7-13(12)16-14(11)17(3)9-8-15-2/h4-7,10,15H,8-9H2,1-3H3. The first kappa shape index (κ1) is 11.9. The molecule has 1 aromatic carbocycles. The fraction of sp³-hybridized carbons (Fsp3) is 0.357. The molecule has 0 aliphatic heterocycles. The van der Waals surface area contributed by atoms with Crippen LogP contribution < -0.4 is 10.2 Å². The fourth-order valence-electron chi connectivity index (χ4n) is 1.98. The van der Waals surface area contributed by atoms with E-state index in [0.717, 1.165) is 24.4 Å². The van der Waals surface area contributed by atoms with Crippen molar-refractivity contribution in [2.45, 2.75) is 6.92 Å². The van der Waals surface area contributed by atoms with Crippen molar-refractivity contribution in [3.8, 4) is 0 Å². The van der Waals surface area contributed by atoms with Gasteiger partial charge in [-0.05, 0) is 31.7 Å². The summed E-state index contributed by atoms with van der Waals surface area (Å²) in [5, 5.41) is 4.36. The summed E-state index contributed by atoms with van der Waals surface area (Å²) in [6.45, 7) is 4.04. The zero-order valence-electron chi connectivity index (χ0n) is 10.7. The lowest BCUT2D eigenvalue weighted by atomic mass is 10.1.